The molecule has 0 radical (unpaired) electrons. The minimum absolute atomic E-state index is 0.105. The molecule has 0 N–H and O–H groups in total. The van der Waals surface area contributed by atoms with E-state index in [9.17, 15) is 13.2 Å². The van der Waals surface area contributed by atoms with Gasteiger partial charge in [-0.2, -0.15) is 0 Å². The van der Waals surface area contributed by atoms with Crippen LogP contribution in [0.2, 0.25) is 0 Å². The van der Waals surface area contributed by atoms with E-state index in [0.717, 1.165) is 12.8 Å². The number of ketones is 1. The van der Waals surface area contributed by atoms with Gasteiger partial charge in [0, 0.05) is 11.8 Å². The van der Waals surface area contributed by atoms with Crippen LogP contribution in [-0.4, -0.2) is 24.7 Å². The molecule has 1 heterocycles. The first-order valence-electron chi connectivity index (χ1n) is 7.22. The molecule has 4 bridgehead atoms. The smallest absolute Gasteiger partial charge is 0.158 e. The molecular formula is C15H16O3S. The molecule has 0 aromatic carbocycles. The van der Waals surface area contributed by atoms with Gasteiger partial charge in [0.25, 0.3) is 0 Å². The summed E-state index contributed by atoms with van der Waals surface area (Å²) in [7, 11) is -3.16. The number of carbonyl (C=O) groups excluding carboxylic acids is 1. The summed E-state index contributed by atoms with van der Waals surface area (Å²) in [5.41, 5.74) is 0. The molecule has 8 atom stereocenters. The van der Waals surface area contributed by atoms with Crippen LogP contribution in [0.5, 0.6) is 0 Å². The monoisotopic (exact) mass is 276 g/mol. The van der Waals surface area contributed by atoms with Gasteiger partial charge >= 0.3 is 0 Å². The topological polar surface area (TPSA) is 51.2 Å². The van der Waals surface area contributed by atoms with Crippen molar-refractivity contribution in [3.63, 3.8) is 0 Å². The molecule has 0 aromatic heterocycles. The third-order valence-corrected chi connectivity index (χ3v) is 8.99. The molecule has 1 saturated heterocycles. The third kappa shape index (κ3) is 1.04. The van der Waals surface area contributed by atoms with E-state index in [1.165, 1.54) is 0 Å². The zero-order valence-electron chi connectivity index (χ0n) is 10.5. The molecule has 0 aromatic rings. The van der Waals surface area contributed by atoms with Crippen molar-refractivity contribution in [3.05, 3.63) is 24.3 Å². The van der Waals surface area contributed by atoms with Crippen LogP contribution in [0, 0.1) is 35.5 Å². The standard InChI is InChI=1S/C15H16O3S/c16-13-11-7-1-3-9(5-7)14(11)19(17,18)15-10-4-2-8(6-10)12(13)15/h1-4,7-12,14-15H,5-6H2/t7-,8+,9+,10-,11-,12+,14-,15-/m0/s1. The molecule has 19 heavy (non-hydrogen) atoms. The van der Waals surface area contributed by atoms with E-state index in [2.05, 4.69) is 12.2 Å². The number of allylic oxidation sites excluding steroid dienone is 4. The first-order valence-corrected chi connectivity index (χ1v) is 8.83. The Bertz CT molecular complexity index is 596. The van der Waals surface area contributed by atoms with Crippen LogP contribution in [0.3, 0.4) is 0 Å². The van der Waals surface area contributed by atoms with E-state index in [1.807, 2.05) is 12.2 Å². The van der Waals surface area contributed by atoms with Gasteiger partial charge in [-0.3, -0.25) is 4.79 Å². The average molecular weight is 276 g/mol. The molecule has 100 valence electrons. The van der Waals surface area contributed by atoms with E-state index < -0.39 is 20.3 Å². The number of hydrogen-bond acceptors (Lipinski definition) is 3. The molecule has 0 unspecified atom stereocenters. The fraction of sp³-hybridized carbons (Fsp3) is 0.667. The Morgan fingerprint density at radius 3 is 1.68 bits per heavy atom. The highest BCUT2D eigenvalue weighted by Crippen LogP contribution is 2.59. The Balaban J connectivity index is 1.72. The third-order valence-electron chi connectivity index (χ3n) is 6.19. The summed E-state index contributed by atoms with van der Waals surface area (Å²) in [5.74, 6) is 0.408. The lowest BCUT2D eigenvalue weighted by Gasteiger charge is -2.41. The molecule has 4 heteroatoms. The summed E-state index contributed by atoms with van der Waals surface area (Å²) in [6.45, 7) is 0. The van der Waals surface area contributed by atoms with Gasteiger partial charge in [-0.1, -0.05) is 24.3 Å². The predicted octanol–water partition coefficient (Wildman–Crippen LogP) is 1.37. The maximum atomic E-state index is 13.0. The van der Waals surface area contributed by atoms with E-state index in [-0.39, 0.29) is 41.3 Å². The summed E-state index contributed by atoms with van der Waals surface area (Å²) < 4.78 is 26.0. The zero-order valence-corrected chi connectivity index (χ0v) is 11.3. The largest absolute Gasteiger partial charge is 0.299 e. The Morgan fingerprint density at radius 1 is 0.789 bits per heavy atom. The highest BCUT2D eigenvalue weighted by Gasteiger charge is 2.67. The second-order valence-corrected chi connectivity index (χ2v) is 9.14. The fourth-order valence-electron chi connectivity index (χ4n) is 5.60. The van der Waals surface area contributed by atoms with Gasteiger partial charge in [-0.05, 0) is 36.5 Å². The predicted molar refractivity (Wildman–Crippen MR) is 70.0 cm³/mol. The highest BCUT2D eigenvalue weighted by atomic mass is 32.2. The molecule has 3 nitrogen and oxygen atoms in total. The molecule has 1 aliphatic heterocycles. The van der Waals surface area contributed by atoms with Crippen LogP contribution < -0.4 is 0 Å². The van der Waals surface area contributed by atoms with Crippen molar-refractivity contribution in [2.45, 2.75) is 23.3 Å². The van der Waals surface area contributed by atoms with Gasteiger partial charge in [-0.25, -0.2) is 8.42 Å². The second kappa shape index (κ2) is 3.05. The van der Waals surface area contributed by atoms with Crippen molar-refractivity contribution < 1.29 is 13.2 Å². The number of Topliss-reactive ketones (excluding diaryl/α,β-unsaturated/α-hetero) is 1. The van der Waals surface area contributed by atoms with Crippen molar-refractivity contribution in [1.29, 1.82) is 0 Å². The van der Waals surface area contributed by atoms with Crippen LogP contribution in [0.4, 0.5) is 0 Å². The first kappa shape index (κ1) is 10.8. The summed E-state index contributed by atoms with van der Waals surface area (Å²) in [6.07, 6.45) is 10.0. The summed E-state index contributed by atoms with van der Waals surface area (Å²) in [5, 5.41) is -0.798. The van der Waals surface area contributed by atoms with Crippen molar-refractivity contribution in [3.8, 4) is 0 Å². The van der Waals surface area contributed by atoms with Crippen LogP contribution in [-0.2, 0) is 14.6 Å². The maximum Gasteiger partial charge on any atom is 0.158 e. The van der Waals surface area contributed by atoms with Crippen LogP contribution in [0.25, 0.3) is 0 Å². The van der Waals surface area contributed by atoms with E-state index in [1.54, 1.807) is 0 Å². The average Bonchev–Trinajstić information content (AvgIpc) is 3.11. The maximum absolute atomic E-state index is 13.0. The molecule has 3 fully saturated rings. The Labute approximate surface area is 112 Å². The van der Waals surface area contributed by atoms with Gasteiger partial charge < -0.3 is 0 Å². The van der Waals surface area contributed by atoms with E-state index >= 15 is 0 Å². The van der Waals surface area contributed by atoms with Crippen molar-refractivity contribution >= 4 is 15.6 Å². The number of hydrogen-bond donors (Lipinski definition) is 0. The van der Waals surface area contributed by atoms with Gasteiger partial charge in [0.2, 0.25) is 0 Å². The number of carbonyl (C=O) groups is 1. The fourth-order valence-corrected chi connectivity index (χ4v) is 8.83. The van der Waals surface area contributed by atoms with E-state index in [0.29, 0.717) is 0 Å². The lowest BCUT2D eigenvalue weighted by Crippen LogP contribution is -2.55. The van der Waals surface area contributed by atoms with Gasteiger partial charge in [0.05, 0.1) is 10.5 Å². The Kier molecular flexibility index (Phi) is 1.74. The van der Waals surface area contributed by atoms with Crippen molar-refractivity contribution in [2.75, 3.05) is 0 Å². The van der Waals surface area contributed by atoms with Crippen molar-refractivity contribution in [1.82, 2.24) is 0 Å². The SMILES string of the molecule is O=C1[C@@H]2[C@H]([C@H]3C=C[C@@H]2C3)S(=O)(=O)[C@@H]2[C@H]1[C@H]1C=C[C@@H]2C1. The number of sulfone groups is 1. The first-order chi connectivity index (χ1) is 9.09. The number of fused-ring (bicyclic) bond motifs is 10. The van der Waals surface area contributed by atoms with Crippen LogP contribution >= 0.6 is 0 Å². The molecule has 5 aliphatic rings. The quantitative estimate of drug-likeness (QED) is 0.628. The zero-order chi connectivity index (χ0) is 12.9. The molecule has 0 spiro atoms. The molecular weight excluding hydrogens is 260 g/mol. The van der Waals surface area contributed by atoms with Crippen LogP contribution in [0.15, 0.2) is 24.3 Å². The van der Waals surface area contributed by atoms with Crippen LogP contribution in [0.1, 0.15) is 12.8 Å². The second-order valence-electron chi connectivity index (χ2n) is 6.87. The van der Waals surface area contributed by atoms with Gasteiger partial charge in [0.15, 0.2) is 9.84 Å². The lowest BCUT2D eigenvalue weighted by molar-refractivity contribution is -0.128. The number of rotatable bonds is 0. The summed E-state index contributed by atoms with van der Waals surface area (Å²) in [4.78, 5) is 12.8. The minimum atomic E-state index is -3.16. The molecule has 0 amide bonds. The van der Waals surface area contributed by atoms with Gasteiger partial charge in [-0.15, -0.1) is 0 Å². The molecule has 4 aliphatic carbocycles. The molecule has 2 saturated carbocycles. The summed E-state index contributed by atoms with van der Waals surface area (Å²) in [6, 6.07) is 0. The van der Waals surface area contributed by atoms with Gasteiger partial charge in [0.1, 0.15) is 5.78 Å². The van der Waals surface area contributed by atoms with E-state index in [4.69, 9.17) is 0 Å². The lowest BCUT2D eigenvalue weighted by atomic mass is 9.77. The highest BCUT2D eigenvalue weighted by molar-refractivity contribution is 7.92. The Morgan fingerprint density at radius 2 is 1.21 bits per heavy atom. The Hall–Kier alpha value is -0.900. The normalized spacial score (nSPS) is 58.6. The minimum Gasteiger partial charge on any atom is -0.299 e. The van der Waals surface area contributed by atoms with Crippen molar-refractivity contribution in [2.24, 2.45) is 35.5 Å². The summed E-state index contributed by atoms with van der Waals surface area (Å²) >= 11 is 0. The molecule has 5 rings (SSSR count).